The van der Waals surface area contributed by atoms with Crippen molar-refractivity contribution in [2.24, 2.45) is 0 Å². The number of rotatable bonds is 6. The second-order valence-electron chi connectivity index (χ2n) is 6.38. The van der Waals surface area contributed by atoms with E-state index in [0.29, 0.717) is 6.54 Å². The Morgan fingerprint density at radius 1 is 1.25 bits per heavy atom. The first-order valence-corrected chi connectivity index (χ1v) is 8.85. The zero-order valence-corrected chi connectivity index (χ0v) is 14.4. The van der Waals surface area contributed by atoms with E-state index in [-0.39, 0.29) is 5.91 Å². The summed E-state index contributed by atoms with van der Waals surface area (Å²) in [4.78, 5) is 18.9. The van der Waals surface area contributed by atoms with Gasteiger partial charge in [0.2, 0.25) is 0 Å². The summed E-state index contributed by atoms with van der Waals surface area (Å²) in [6.07, 6.45) is 8.47. The van der Waals surface area contributed by atoms with Crippen molar-refractivity contribution in [2.45, 2.75) is 39.2 Å². The fourth-order valence-electron chi connectivity index (χ4n) is 3.19. The third kappa shape index (κ3) is 4.16. The van der Waals surface area contributed by atoms with Crippen LogP contribution in [0.15, 0.2) is 36.7 Å². The van der Waals surface area contributed by atoms with E-state index < -0.39 is 0 Å². The molecule has 24 heavy (non-hydrogen) atoms. The smallest absolute Gasteiger partial charge is 0.251 e. The molecule has 0 saturated carbocycles. The van der Waals surface area contributed by atoms with Crippen LogP contribution in [0.2, 0.25) is 0 Å². The van der Waals surface area contributed by atoms with Gasteiger partial charge in [-0.1, -0.05) is 6.07 Å². The molecule has 0 unspecified atom stereocenters. The molecule has 1 amide bonds. The summed E-state index contributed by atoms with van der Waals surface area (Å²) in [5.41, 5.74) is 1.91. The van der Waals surface area contributed by atoms with Gasteiger partial charge in [-0.15, -0.1) is 0 Å². The summed E-state index contributed by atoms with van der Waals surface area (Å²) in [5, 5.41) is 3.02. The highest BCUT2D eigenvalue weighted by atomic mass is 16.1. The van der Waals surface area contributed by atoms with Gasteiger partial charge in [-0.3, -0.25) is 4.79 Å². The number of nitrogens with zero attached hydrogens (tertiary/aromatic N) is 3. The molecular weight excluding hydrogens is 300 g/mol. The van der Waals surface area contributed by atoms with Gasteiger partial charge >= 0.3 is 0 Å². The first-order valence-electron chi connectivity index (χ1n) is 8.85. The summed E-state index contributed by atoms with van der Waals surface area (Å²) in [5.74, 6) is 1.02. The summed E-state index contributed by atoms with van der Waals surface area (Å²) in [6, 6.07) is 7.99. The van der Waals surface area contributed by atoms with Crippen LogP contribution in [0, 0.1) is 6.92 Å². The molecule has 0 spiro atoms. The molecule has 1 fully saturated rings. The molecule has 0 aliphatic carbocycles. The predicted molar refractivity (Wildman–Crippen MR) is 96.4 cm³/mol. The molecule has 3 rings (SSSR count). The van der Waals surface area contributed by atoms with Crippen LogP contribution in [-0.4, -0.2) is 35.1 Å². The van der Waals surface area contributed by atoms with Crippen LogP contribution in [0.1, 0.15) is 41.9 Å². The highest BCUT2D eigenvalue weighted by molar-refractivity contribution is 5.95. The Hall–Kier alpha value is -2.30. The molecular formula is C19H26N4O. The van der Waals surface area contributed by atoms with E-state index in [4.69, 9.17) is 0 Å². The second kappa shape index (κ2) is 7.99. The molecule has 5 nitrogen and oxygen atoms in total. The molecule has 1 aromatic heterocycles. The van der Waals surface area contributed by atoms with Crippen LogP contribution in [0.5, 0.6) is 0 Å². The lowest BCUT2D eigenvalue weighted by Gasteiger charge is -2.29. The first kappa shape index (κ1) is 16.6. The minimum Gasteiger partial charge on any atom is -0.372 e. The SMILES string of the molecule is Cc1nccn1CCCNC(=O)c1cccc(N2CCCCC2)c1. The number of imidazole rings is 1. The summed E-state index contributed by atoms with van der Waals surface area (Å²) >= 11 is 0. The molecule has 128 valence electrons. The van der Waals surface area contributed by atoms with Gasteiger partial charge in [0.1, 0.15) is 5.82 Å². The lowest BCUT2D eigenvalue weighted by molar-refractivity contribution is 0.0952. The van der Waals surface area contributed by atoms with Gasteiger partial charge in [-0.2, -0.15) is 0 Å². The number of benzene rings is 1. The van der Waals surface area contributed by atoms with Gasteiger partial charge in [0.15, 0.2) is 0 Å². The van der Waals surface area contributed by atoms with Gasteiger partial charge in [-0.25, -0.2) is 4.98 Å². The number of hydrogen-bond donors (Lipinski definition) is 1. The standard InChI is InChI=1S/C19H26N4O/c1-16-20-10-14-22(16)13-6-9-21-19(24)17-7-5-8-18(15-17)23-11-3-2-4-12-23/h5,7-8,10,14-15H,2-4,6,9,11-13H2,1H3,(H,21,24). The van der Waals surface area contributed by atoms with Gasteiger partial charge < -0.3 is 14.8 Å². The van der Waals surface area contributed by atoms with Gasteiger partial charge in [0.25, 0.3) is 5.91 Å². The fourth-order valence-corrected chi connectivity index (χ4v) is 3.19. The lowest BCUT2D eigenvalue weighted by atomic mass is 10.1. The zero-order valence-electron chi connectivity index (χ0n) is 14.4. The molecule has 2 heterocycles. The Kier molecular flexibility index (Phi) is 5.51. The largest absolute Gasteiger partial charge is 0.372 e. The van der Waals surface area contributed by atoms with Crippen LogP contribution >= 0.6 is 0 Å². The van der Waals surface area contributed by atoms with Gasteiger partial charge in [0.05, 0.1) is 0 Å². The van der Waals surface area contributed by atoms with E-state index >= 15 is 0 Å². The molecule has 5 heteroatoms. The van der Waals surface area contributed by atoms with Gasteiger partial charge in [0, 0.05) is 49.8 Å². The number of aromatic nitrogens is 2. The Morgan fingerprint density at radius 2 is 2.08 bits per heavy atom. The summed E-state index contributed by atoms with van der Waals surface area (Å²) in [6.45, 7) is 5.72. The highest BCUT2D eigenvalue weighted by Crippen LogP contribution is 2.20. The Bertz CT molecular complexity index is 674. The number of hydrogen-bond acceptors (Lipinski definition) is 3. The van der Waals surface area contributed by atoms with E-state index in [1.54, 1.807) is 6.20 Å². The number of aryl methyl sites for hydroxylation is 2. The van der Waals surface area contributed by atoms with Crippen molar-refractivity contribution in [3.8, 4) is 0 Å². The van der Waals surface area contributed by atoms with Crippen molar-refractivity contribution >= 4 is 11.6 Å². The third-order valence-electron chi connectivity index (χ3n) is 4.61. The monoisotopic (exact) mass is 326 g/mol. The van der Waals surface area contributed by atoms with Crippen molar-refractivity contribution in [1.29, 1.82) is 0 Å². The van der Waals surface area contributed by atoms with Crippen molar-refractivity contribution in [3.63, 3.8) is 0 Å². The van der Waals surface area contributed by atoms with Crippen LogP contribution in [0.4, 0.5) is 5.69 Å². The number of nitrogens with one attached hydrogen (secondary N) is 1. The predicted octanol–water partition coefficient (Wildman–Crippen LogP) is 3.00. The van der Waals surface area contributed by atoms with Crippen molar-refractivity contribution in [3.05, 3.63) is 48.0 Å². The maximum atomic E-state index is 12.4. The maximum Gasteiger partial charge on any atom is 0.251 e. The number of carbonyl (C=O) groups is 1. The number of piperidine rings is 1. The molecule has 1 N–H and O–H groups in total. The zero-order chi connectivity index (χ0) is 16.8. The van der Waals surface area contributed by atoms with Crippen LogP contribution < -0.4 is 10.2 Å². The van der Waals surface area contributed by atoms with E-state index in [0.717, 1.165) is 43.1 Å². The molecule has 1 aromatic carbocycles. The Labute approximate surface area is 143 Å². The average Bonchev–Trinajstić information content (AvgIpc) is 3.04. The molecule has 1 aliphatic rings. The first-order chi connectivity index (χ1) is 11.7. The molecule has 0 radical (unpaired) electrons. The Balaban J connectivity index is 1.50. The molecule has 1 saturated heterocycles. The fraction of sp³-hybridized carbons (Fsp3) is 0.474. The van der Waals surface area contributed by atoms with E-state index in [2.05, 4.69) is 25.8 Å². The number of carbonyl (C=O) groups excluding carboxylic acids is 1. The van der Waals surface area contributed by atoms with Crippen molar-refractivity contribution in [1.82, 2.24) is 14.9 Å². The topological polar surface area (TPSA) is 50.2 Å². The summed E-state index contributed by atoms with van der Waals surface area (Å²) in [7, 11) is 0. The molecule has 1 aliphatic heterocycles. The summed E-state index contributed by atoms with van der Waals surface area (Å²) < 4.78 is 2.10. The number of amides is 1. The van der Waals surface area contributed by atoms with Crippen LogP contribution in [0.3, 0.4) is 0 Å². The minimum absolute atomic E-state index is 0.0104. The Morgan fingerprint density at radius 3 is 2.83 bits per heavy atom. The second-order valence-corrected chi connectivity index (χ2v) is 6.38. The van der Waals surface area contributed by atoms with Crippen molar-refractivity contribution in [2.75, 3.05) is 24.5 Å². The van der Waals surface area contributed by atoms with E-state index in [1.807, 2.05) is 31.3 Å². The average molecular weight is 326 g/mol. The van der Waals surface area contributed by atoms with Gasteiger partial charge in [-0.05, 0) is 50.8 Å². The molecule has 2 aromatic rings. The van der Waals surface area contributed by atoms with E-state index in [9.17, 15) is 4.79 Å². The molecule has 0 atom stereocenters. The van der Waals surface area contributed by atoms with Crippen molar-refractivity contribution < 1.29 is 4.79 Å². The maximum absolute atomic E-state index is 12.4. The molecule has 0 bridgehead atoms. The highest BCUT2D eigenvalue weighted by Gasteiger charge is 2.13. The lowest BCUT2D eigenvalue weighted by Crippen LogP contribution is -2.30. The van der Waals surface area contributed by atoms with Crippen LogP contribution in [-0.2, 0) is 6.54 Å². The van der Waals surface area contributed by atoms with Crippen LogP contribution in [0.25, 0.3) is 0 Å². The quantitative estimate of drug-likeness (QED) is 0.830. The van der Waals surface area contributed by atoms with E-state index in [1.165, 1.54) is 19.3 Å². The third-order valence-corrected chi connectivity index (χ3v) is 4.61. The minimum atomic E-state index is 0.0104. The number of anilines is 1. The normalized spacial score (nSPS) is 14.6.